The van der Waals surface area contributed by atoms with Gasteiger partial charge in [0.25, 0.3) is 0 Å². The summed E-state index contributed by atoms with van der Waals surface area (Å²) in [5.41, 5.74) is -0.562. The first-order valence-electron chi connectivity index (χ1n) is 4.69. The Morgan fingerprint density at radius 3 is 2.69 bits per heavy atom. The van der Waals surface area contributed by atoms with E-state index in [2.05, 4.69) is 21.2 Å². The predicted octanol–water partition coefficient (Wildman–Crippen LogP) is 3.79. The molecular formula is C11H12BrClFNO. The van der Waals surface area contributed by atoms with Crippen molar-refractivity contribution >= 4 is 39.1 Å². The van der Waals surface area contributed by atoms with Crippen molar-refractivity contribution < 1.29 is 9.18 Å². The number of hydrogen-bond acceptors (Lipinski definition) is 1. The Morgan fingerprint density at radius 1 is 1.56 bits per heavy atom. The molecule has 0 unspecified atom stereocenters. The Kier molecular flexibility index (Phi) is 4.33. The zero-order valence-corrected chi connectivity index (χ0v) is 11.3. The van der Waals surface area contributed by atoms with Crippen LogP contribution < -0.4 is 5.32 Å². The predicted molar refractivity (Wildman–Crippen MR) is 67.2 cm³/mol. The maximum atomic E-state index is 13.4. The second kappa shape index (κ2) is 5.15. The minimum atomic E-state index is -0.721. The molecule has 0 aromatic heterocycles. The van der Waals surface area contributed by atoms with Gasteiger partial charge in [0, 0.05) is 10.4 Å². The normalized spacial score (nSPS) is 11.3. The monoisotopic (exact) mass is 307 g/mol. The number of benzene rings is 1. The smallest absolute Gasteiger partial charge is 0.231 e. The van der Waals surface area contributed by atoms with E-state index < -0.39 is 11.2 Å². The van der Waals surface area contributed by atoms with Crippen LogP contribution in [-0.2, 0) is 4.79 Å². The molecule has 0 aliphatic heterocycles. The molecule has 1 N–H and O–H groups in total. The zero-order valence-electron chi connectivity index (χ0n) is 8.98. The number of rotatable bonds is 3. The van der Waals surface area contributed by atoms with Crippen LogP contribution in [-0.4, -0.2) is 11.8 Å². The highest BCUT2D eigenvalue weighted by molar-refractivity contribution is 9.10. The summed E-state index contributed by atoms with van der Waals surface area (Å²) in [6, 6.07) is 4.46. The minimum Gasteiger partial charge on any atom is -0.323 e. The molecule has 0 bridgehead atoms. The van der Waals surface area contributed by atoms with E-state index in [0.29, 0.717) is 4.47 Å². The van der Waals surface area contributed by atoms with Crippen LogP contribution in [0.25, 0.3) is 0 Å². The van der Waals surface area contributed by atoms with Crippen molar-refractivity contribution in [1.82, 2.24) is 0 Å². The van der Waals surface area contributed by atoms with Gasteiger partial charge >= 0.3 is 0 Å². The lowest BCUT2D eigenvalue weighted by Gasteiger charge is -2.20. The van der Waals surface area contributed by atoms with Crippen LogP contribution in [0.5, 0.6) is 0 Å². The second-order valence-corrected chi connectivity index (χ2v) is 5.28. The van der Waals surface area contributed by atoms with Gasteiger partial charge in [0.2, 0.25) is 5.91 Å². The van der Waals surface area contributed by atoms with E-state index in [0.717, 1.165) is 0 Å². The number of hydrogen-bond donors (Lipinski definition) is 1. The number of carbonyl (C=O) groups is 1. The van der Waals surface area contributed by atoms with Crippen LogP contribution in [0.4, 0.5) is 10.1 Å². The van der Waals surface area contributed by atoms with Gasteiger partial charge in [-0.2, -0.15) is 0 Å². The summed E-state index contributed by atoms with van der Waals surface area (Å²) in [7, 11) is 0. The quantitative estimate of drug-likeness (QED) is 0.846. The maximum absolute atomic E-state index is 13.4. The molecule has 0 atom stereocenters. The summed E-state index contributed by atoms with van der Waals surface area (Å²) >= 11 is 8.80. The molecule has 88 valence electrons. The average Bonchev–Trinajstić information content (AvgIpc) is 2.22. The van der Waals surface area contributed by atoms with Crippen molar-refractivity contribution in [1.29, 1.82) is 0 Å². The summed E-state index contributed by atoms with van der Waals surface area (Å²) in [6.07, 6.45) is 0. The van der Waals surface area contributed by atoms with Gasteiger partial charge in [0.15, 0.2) is 0 Å². The number of amides is 1. The molecule has 1 aromatic rings. The van der Waals surface area contributed by atoms with Gasteiger partial charge in [0.05, 0.1) is 11.1 Å². The van der Waals surface area contributed by atoms with Crippen molar-refractivity contribution in [3.8, 4) is 0 Å². The fraction of sp³-hybridized carbons (Fsp3) is 0.364. The lowest BCUT2D eigenvalue weighted by Crippen LogP contribution is -2.32. The number of alkyl halides is 1. The lowest BCUT2D eigenvalue weighted by molar-refractivity contribution is -0.123. The molecule has 0 spiro atoms. The molecule has 0 aliphatic carbocycles. The Labute approximate surface area is 107 Å². The largest absolute Gasteiger partial charge is 0.323 e. The van der Waals surface area contributed by atoms with Crippen molar-refractivity contribution in [3.63, 3.8) is 0 Å². The Balaban J connectivity index is 2.85. The molecule has 1 rings (SSSR count). The Bertz CT molecular complexity index is 409. The summed E-state index contributed by atoms with van der Waals surface area (Å²) in [4.78, 5) is 11.7. The van der Waals surface area contributed by atoms with Gasteiger partial charge in [-0.15, -0.1) is 11.6 Å². The highest BCUT2D eigenvalue weighted by atomic mass is 79.9. The topological polar surface area (TPSA) is 29.1 Å². The molecule has 0 heterocycles. The number of nitrogens with one attached hydrogen (secondary N) is 1. The number of halogens is 3. The zero-order chi connectivity index (χ0) is 12.3. The first-order chi connectivity index (χ1) is 7.36. The molecule has 0 aliphatic rings. The highest BCUT2D eigenvalue weighted by Gasteiger charge is 2.27. The van der Waals surface area contributed by atoms with E-state index in [1.165, 1.54) is 12.1 Å². The molecule has 1 amide bonds. The maximum Gasteiger partial charge on any atom is 0.231 e. The third-order valence-corrected chi connectivity index (χ3v) is 3.29. The van der Waals surface area contributed by atoms with Crippen molar-refractivity contribution in [2.45, 2.75) is 13.8 Å². The SMILES string of the molecule is CC(C)(CCl)C(=O)Nc1ccc(Br)cc1F. The summed E-state index contributed by atoms with van der Waals surface area (Å²) in [5.74, 6) is -0.603. The van der Waals surface area contributed by atoms with E-state index >= 15 is 0 Å². The lowest BCUT2D eigenvalue weighted by atomic mass is 9.95. The van der Waals surface area contributed by atoms with Gasteiger partial charge in [-0.05, 0) is 32.0 Å². The van der Waals surface area contributed by atoms with E-state index in [4.69, 9.17) is 11.6 Å². The highest BCUT2D eigenvalue weighted by Crippen LogP contribution is 2.23. The van der Waals surface area contributed by atoms with Gasteiger partial charge in [-0.3, -0.25) is 4.79 Å². The van der Waals surface area contributed by atoms with Crippen molar-refractivity contribution in [2.75, 3.05) is 11.2 Å². The van der Waals surface area contributed by atoms with Gasteiger partial charge in [-0.1, -0.05) is 15.9 Å². The van der Waals surface area contributed by atoms with Crippen molar-refractivity contribution in [3.05, 3.63) is 28.5 Å². The average molecular weight is 309 g/mol. The van der Waals surface area contributed by atoms with Crippen LogP contribution in [0.2, 0.25) is 0 Å². The summed E-state index contributed by atoms with van der Waals surface area (Å²) in [6.45, 7) is 3.40. The van der Waals surface area contributed by atoms with Crippen LogP contribution in [0.3, 0.4) is 0 Å². The van der Waals surface area contributed by atoms with Crippen LogP contribution in [0.15, 0.2) is 22.7 Å². The van der Waals surface area contributed by atoms with E-state index in [9.17, 15) is 9.18 Å². The minimum absolute atomic E-state index is 0.159. The molecule has 0 fully saturated rings. The summed E-state index contributed by atoms with van der Waals surface area (Å²) < 4.78 is 14.0. The van der Waals surface area contributed by atoms with E-state index in [1.54, 1.807) is 19.9 Å². The molecule has 5 heteroatoms. The first-order valence-corrected chi connectivity index (χ1v) is 6.02. The third-order valence-electron chi connectivity index (χ3n) is 2.13. The van der Waals surface area contributed by atoms with E-state index in [-0.39, 0.29) is 17.5 Å². The fourth-order valence-corrected chi connectivity index (χ4v) is 1.40. The Hall–Kier alpha value is -0.610. The number of carbonyl (C=O) groups excluding carboxylic acids is 1. The standard InChI is InChI=1S/C11H12BrClFNO/c1-11(2,6-13)10(16)15-9-4-3-7(12)5-8(9)14/h3-5H,6H2,1-2H3,(H,15,16). The van der Waals surface area contributed by atoms with Crippen molar-refractivity contribution in [2.24, 2.45) is 5.41 Å². The van der Waals surface area contributed by atoms with Crippen LogP contribution >= 0.6 is 27.5 Å². The van der Waals surface area contributed by atoms with Gasteiger partial charge in [0.1, 0.15) is 5.82 Å². The van der Waals surface area contributed by atoms with E-state index in [1.807, 2.05) is 0 Å². The molecule has 0 radical (unpaired) electrons. The molecule has 2 nitrogen and oxygen atoms in total. The van der Waals surface area contributed by atoms with Gasteiger partial charge in [-0.25, -0.2) is 4.39 Å². The third kappa shape index (κ3) is 3.19. The van der Waals surface area contributed by atoms with Gasteiger partial charge < -0.3 is 5.32 Å². The van der Waals surface area contributed by atoms with Crippen LogP contribution in [0.1, 0.15) is 13.8 Å². The number of anilines is 1. The first kappa shape index (κ1) is 13.5. The second-order valence-electron chi connectivity index (χ2n) is 4.10. The molecule has 16 heavy (non-hydrogen) atoms. The molecule has 0 saturated heterocycles. The molecule has 1 aromatic carbocycles. The molecular weight excluding hydrogens is 296 g/mol. The summed E-state index contributed by atoms with van der Waals surface area (Å²) in [5, 5.41) is 2.51. The Morgan fingerprint density at radius 2 is 2.19 bits per heavy atom. The van der Waals surface area contributed by atoms with Crippen LogP contribution in [0, 0.1) is 11.2 Å². The molecule has 0 saturated carbocycles. The fourth-order valence-electron chi connectivity index (χ4n) is 0.943.